The molecule has 0 saturated carbocycles. The fraction of sp³-hybridized carbons (Fsp3) is 0.111. The molecule has 25 heavy (non-hydrogen) atoms. The molecule has 6 nitrogen and oxygen atoms in total. The number of para-hydroxylation sites is 1. The summed E-state index contributed by atoms with van der Waals surface area (Å²) in [6.45, 7) is 1.93. The highest BCUT2D eigenvalue weighted by atomic mass is 35.5. The number of aromatic nitrogens is 2. The highest BCUT2D eigenvalue weighted by Gasteiger charge is 2.37. The molecule has 0 aliphatic carbocycles. The zero-order chi connectivity index (χ0) is 17.4. The number of halogens is 1. The highest BCUT2D eigenvalue weighted by molar-refractivity contribution is 6.30. The van der Waals surface area contributed by atoms with E-state index < -0.39 is 5.66 Å². The van der Waals surface area contributed by atoms with Gasteiger partial charge in [0, 0.05) is 27.7 Å². The average molecular weight is 353 g/mol. The van der Waals surface area contributed by atoms with Crippen molar-refractivity contribution in [2.45, 2.75) is 12.6 Å². The van der Waals surface area contributed by atoms with E-state index in [0.717, 1.165) is 22.6 Å². The number of benzene rings is 2. The van der Waals surface area contributed by atoms with E-state index in [4.69, 9.17) is 22.3 Å². The van der Waals surface area contributed by atoms with Crippen LogP contribution in [0.5, 0.6) is 0 Å². The number of aliphatic imine (C=N–C) groups is 1. The van der Waals surface area contributed by atoms with Gasteiger partial charge in [-0.05, 0) is 43.3 Å². The quantitative estimate of drug-likeness (QED) is 0.568. The van der Waals surface area contributed by atoms with E-state index in [1.165, 1.54) is 0 Å². The number of nitrogens with zero attached hydrogens (tertiary/aromatic N) is 2. The molecule has 3 aromatic rings. The SMILES string of the molecule is Cc1cc(C2(N)N=C(Nc3ccc(Cl)cc3)Nc3ccccc32)n[nH]1. The smallest absolute Gasteiger partial charge is 0.202 e. The van der Waals surface area contributed by atoms with Gasteiger partial charge in [-0.1, -0.05) is 29.8 Å². The van der Waals surface area contributed by atoms with Gasteiger partial charge in [-0.15, -0.1) is 0 Å². The number of H-pyrrole nitrogens is 1. The van der Waals surface area contributed by atoms with Crippen LogP contribution in [0, 0.1) is 6.92 Å². The molecule has 2 aromatic carbocycles. The third kappa shape index (κ3) is 2.86. The molecule has 5 N–H and O–H groups in total. The number of fused-ring (bicyclic) bond motifs is 1. The van der Waals surface area contributed by atoms with Gasteiger partial charge in [-0.3, -0.25) is 10.8 Å². The van der Waals surface area contributed by atoms with Crippen LogP contribution in [-0.4, -0.2) is 16.2 Å². The normalized spacial score (nSPS) is 18.9. The number of hydrogen-bond acceptors (Lipinski definition) is 5. The topological polar surface area (TPSA) is 91.1 Å². The van der Waals surface area contributed by atoms with Crippen LogP contribution in [-0.2, 0) is 5.66 Å². The number of rotatable bonds is 2. The van der Waals surface area contributed by atoms with Crippen molar-refractivity contribution < 1.29 is 0 Å². The Bertz CT molecular complexity index is 946. The third-order valence-corrected chi connectivity index (χ3v) is 4.33. The fourth-order valence-electron chi connectivity index (χ4n) is 2.85. The zero-order valence-corrected chi connectivity index (χ0v) is 14.3. The van der Waals surface area contributed by atoms with E-state index in [9.17, 15) is 0 Å². The van der Waals surface area contributed by atoms with E-state index in [2.05, 4.69) is 20.8 Å². The Hall–Kier alpha value is -2.83. The maximum absolute atomic E-state index is 6.70. The molecule has 1 aromatic heterocycles. The van der Waals surface area contributed by atoms with Crippen molar-refractivity contribution >= 4 is 28.9 Å². The van der Waals surface area contributed by atoms with Crippen LogP contribution < -0.4 is 16.4 Å². The minimum Gasteiger partial charge on any atom is -0.326 e. The first kappa shape index (κ1) is 15.7. The van der Waals surface area contributed by atoms with Gasteiger partial charge >= 0.3 is 0 Å². The number of aryl methyl sites for hydroxylation is 1. The lowest BCUT2D eigenvalue weighted by molar-refractivity contribution is 0.547. The minimum absolute atomic E-state index is 0.546. The fourth-order valence-corrected chi connectivity index (χ4v) is 2.98. The molecule has 2 heterocycles. The number of nitrogens with one attached hydrogen (secondary N) is 3. The summed E-state index contributed by atoms with van der Waals surface area (Å²) in [5.74, 6) is 0.546. The van der Waals surface area contributed by atoms with Gasteiger partial charge in [0.1, 0.15) is 5.69 Å². The molecular weight excluding hydrogens is 336 g/mol. The van der Waals surface area contributed by atoms with Gasteiger partial charge in [-0.25, -0.2) is 4.99 Å². The zero-order valence-electron chi connectivity index (χ0n) is 13.5. The van der Waals surface area contributed by atoms with Crippen LogP contribution in [0.4, 0.5) is 11.4 Å². The lowest BCUT2D eigenvalue weighted by Crippen LogP contribution is -2.44. The number of hydrogen-bond donors (Lipinski definition) is 4. The number of nitrogens with two attached hydrogens (primary N) is 1. The molecule has 4 rings (SSSR count). The molecule has 1 atom stereocenters. The van der Waals surface area contributed by atoms with Crippen LogP contribution in [0.25, 0.3) is 0 Å². The monoisotopic (exact) mass is 352 g/mol. The Morgan fingerprint density at radius 3 is 2.60 bits per heavy atom. The first-order valence-electron chi connectivity index (χ1n) is 7.85. The van der Waals surface area contributed by atoms with Gasteiger partial charge in [0.25, 0.3) is 0 Å². The van der Waals surface area contributed by atoms with Crippen LogP contribution in [0.2, 0.25) is 5.02 Å². The first-order valence-corrected chi connectivity index (χ1v) is 8.23. The standard InChI is InChI=1S/C18H17ClN6/c1-11-10-16(25-24-11)18(20)14-4-2-3-5-15(14)22-17(23-18)21-13-8-6-12(19)7-9-13/h2-10H,20H2,1H3,(H,24,25)(H2,21,22,23). The summed E-state index contributed by atoms with van der Waals surface area (Å²) >= 11 is 5.94. The molecule has 7 heteroatoms. The summed E-state index contributed by atoms with van der Waals surface area (Å²) in [6.07, 6.45) is 0. The summed E-state index contributed by atoms with van der Waals surface area (Å²) in [5, 5.41) is 14.5. The third-order valence-electron chi connectivity index (χ3n) is 4.08. The van der Waals surface area contributed by atoms with Gasteiger partial charge < -0.3 is 10.6 Å². The van der Waals surface area contributed by atoms with Crippen LogP contribution >= 0.6 is 11.6 Å². The number of aromatic amines is 1. The van der Waals surface area contributed by atoms with Crippen molar-refractivity contribution in [3.05, 3.63) is 76.6 Å². The Balaban J connectivity index is 1.77. The molecule has 1 aliphatic rings. The molecule has 0 spiro atoms. The molecule has 1 aliphatic heterocycles. The van der Waals surface area contributed by atoms with Crippen molar-refractivity contribution in [3.8, 4) is 0 Å². The minimum atomic E-state index is -1.08. The van der Waals surface area contributed by atoms with Crippen LogP contribution in [0.3, 0.4) is 0 Å². The summed E-state index contributed by atoms with van der Waals surface area (Å²) < 4.78 is 0. The molecule has 0 radical (unpaired) electrons. The van der Waals surface area contributed by atoms with Crippen LogP contribution in [0.15, 0.2) is 59.6 Å². The summed E-state index contributed by atoms with van der Waals surface area (Å²) in [7, 11) is 0. The predicted octanol–water partition coefficient (Wildman–Crippen LogP) is 3.42. The van der Waals surface area contributed by atoms with E-state index >= 15 is 0 Å². The van der Waals surface area contributed by atoms with Crippen LogP contribution in [0.1, 0.15) is 17.0 Å². The largest absolute Gasteiger partial charge is 0.326 e. The number of anilines is 2. The molecule has 0 bridgehead atoms. The first-order chi connectivity index (χ1) is 12.0. The summed E-state index contributed by atoms with van der Waals surface area (Å²) in [4.78, 5) is 4.71. The highest BCUT2D eigenvalue weighted by Crippen LogP contribution is 2.36. The van der Waals surface area contributed by atoms with Crippen molar-refractivity contribution in [2.24, 2.45) is 10.7 Å². The van der Waals surface area contributed by atoms with Gasteiger partial charge in [0.2, 0.25) is 5.96 Å². The van der Waals surface area contributed by atoms with E-state index in [0.29, 0.717) is 16.7 Å². The lowest BCUT2D eigenvalue weighted by Gasteiger charge is -2.32. The molecular formula is C18H17ClN6. The van der Waals surface area contributed by atoms with E-state index in [1.54, 1.807) is 0 Å². The molecule has 1 unspecified atom stereocenters. The summed E-state index contributed by atoms with van der Waals surface area (Å²) in [6, 6.07) is 17.1. The predicted molar refractivity (Wildman–Crippen MR) is 101 cm³/mol. The second-order valence-corrected chi connectivity index (χ2v) is 6.40. The molecule has 126 valence electrons. The maximum Gasteiger partial charge on any atom is 0.202 e. The Morgan fingerprint density at radius 2 is 1.88 bits per heavy atom. The van der Waals surface area contributed by atoms with E-state index in [-0.39, 0.29) is 0 Å². The van der Waals surface area contributed by atoms with Crippen molar-refractivity contribution in [2.75, 3.05) is 10.6 Å². The van der Waals surface area contributed by atoms with Crippen molar-refractivity contribution in [3.63, 3.8) is 0 Å². The second kappa shape index (κ2) is 5.91. The van der Waals surface area contributed by atoms with Gasteiger partial charge in [0.15, 0.2) is 5.66 Å². The lowest BCUT2D eigenvalue weighted by atomic mass is 9.94. The molecule has 0 fully saturated rings. The number of guanidine groups is 1. The Morgan fingerprint density at radius 1 is 1.12 bits per heavy atom. The molecule has 0 saturated heterocycles. The molecule has 0 amide bonds. The maximum atomic E-state index is 6.70. The average Bonchev–Trinajstić information content (AvgIpc) is 3.04. The van der Waals surface area contributed by atoms with Gasteiger partial charge in [-0.2, -0.15) is 5.10 Å². The Kier molecular flexibility index (Phi) is 3.71. The Labute approximate surface area is 150 Å². The second-order valence-electron chi connectivity index (χ2n) is 5.97. The van der Waals surface area contributed by atoms with Gasteiger partial charge in [0.05, 0.1) is 0 Å². The van der Waals surface area contributed by atoms with E-state index in [1.807, 2.05) is 61.5 Å². The van der Waals surface area contributed by atoms with Crippen molar-refractivity contribution in [1.29, 1.82) is 0 Å². The van der Waals surface area contributed by atoms with Crippen molar-refractivity contribution in [1.82, 2.24) is 10.2 Å². The summed E-state index contributed by atoms with van der Waals surface area (Å²) in [5.41, 5.74) is 9.82.